The first-order valence-electron chi connectivity index (χ1n) is 6.24. The number of anilines is 2. The van der Waals surface area contributed by atoms with E-state index in [-0.39, 0.29) is 0 Å². The van der Waals surface area contributed by atoms with Crippen LogP contribution in [-0.4, -0.2) is 10.2 Å². The predicted molar refractivity (Wildman–Crippen MR) is 79.0 cm³/mol. The van der Waals surface area contributed by atoms with Crippen molar-refractivity contribution in [3.63, 3.8) is 0 Å². The summed E-state index contributed by atoms with van der Waals surface area (Å²) < 4.78 is 0. The minimum Gasteiger partial charge on any atom is -0.397 e. The van der Waals surface area contributed by atoms with Crippen molar-refractivity contribution < 1.29 is 0 Å². The van der Waals surface area contributed by atoms with E-state index in [1.807, 2.05) is 12.1 Å². The summed E-state index contributed by atoms with van der Waals surface area (Å²) in [4.78, 5) is 0. The van der Waals surface area contributed by atoms with Crippen LogP contribution in [0.5, 0.6) is 0 Å². The van der Waals surface area contributed by atoms with Crippen LogP contribution >= 0.6 is 0 Å². The molecule has 19 heavy (non-hydrogen) atoms. The SMILES string of the molecule is Cc1cccc(CNc2cc3[nH]ncc3cc2N)c1. The van der Waals surface area contributed by atoms with Crippen molar-refractivity contribution >= 4 is 22.3 Å². The molecule has 4 heteroatoms. The molecule has 0 atom stereocenters. The third kappa shape index (κ3) is 2.38. The van der Waals surface area contributed by atoms with Gasteiger partial charge in [0.25, 0.3) is 0 Å². The highest BCUT2D eigenvalue weighted by atomic mass is 15.1. The molecule has 0 amide bonds. The Balaban J connectivity index is 1.83. The van der Waals surface area contributed by atoms with Crippen molar-refractivity contribution in [3.8, 4) is 0 Å². The average Bonchev–Trinajstić information content (AvgIpc) is 2.83. The lowest BCUT2D eigenvalue weighted by molar-refractivity contribution is 1.12. The maximum Gasteiger partial charge on any atom is 0.0672 e. The molecule has 0 saturated heterocycles. The highest BCUT2D eigenvalue weighted by Gasteiger charge is 2.03. The number of nitrogens with two attached hydrogens (primary N) is 1. The zero-order valence-electron chi connectivity index (χ0n) is 10.8. The first-order valence-corrected chi connectivity index (χ1v) is 6.24. The summed E-state index contributed by atoms with van der Waals surface area (Å²) in [5.41, 5.74) is 11.2. The molecule has 3 aromatic rings. The lowest BCUT2D eigenvalue weighted by atomic mass is 10.1. The second-order valence-electron chi connectivity index (χ2n) is 4.74. The van der Waals surface area contributed by atoms with Crippen LogP contribution in [0, 0.1) is 6.92 Å². The van der Waals surface area contributed by atoms with Gasteiger partial charge in [-0.05, 0) is 24.6 Å². The number of hydrogen-bond donors (Lipinski definition) is 3. The van der Waals surface area contributed by atoms with Gasteiger partial charge in [0.1, 0.15) is 0 Å². The van der Waals surface area contributed by atoms with Crippen molar-refractivity contribution in [3.05, 3.63) is 53.7 Å². The van der Waals surface area contributed by atoms with Crippen molar-refractivity contribution in [2.45, 2.75) is 13.5 Å². The summed E-state index contributed by atoms with van der Waals surface area (Å²) >= 11 is 0. The maximum absolute atomic E-state index is 6.04. The van der Waals surface area contributed by atoms with Crippen molar-refractivity contribution in [2.75, 3.05) is 11.1 Å². The molecule has 1 heterocycles. The Morgan fingerprint density at radius 3 is 3.00 bits per heavy atom. The van der Waals surface area contributed by atoms with E-state index < -0.39 is 0 Å². The normalized spacial score (nSPS) is 10.8. The van der Waals surface area contributed by atoms with Gasteiger partial charge in [0.05, 0.1) is 23.1 Å². The fourth-order valence-corrected chi connectivity index (χ4v) is 2.18. The monoisotopic (exact) mass is 252 g/mol. The molecule has 2 aromatic carbocycles. The Morgan fingerprint density at radius 2 is 2.16 bits per heavy atom. The van der Waals surface area contributed by atoms with Crippen LogP contribution in [0.25, 0.3) is 10.9 Å². The van der Waals surface area contributed by atoms with Gasteiger partial charge in [-0.25, -0.2) is 0 Å². The van der Waals surface area contributed by atoms with Crippen LogP contribution in [0.4, 0.5) is 11.4 Å². The van der Waals surface area contributed by atoms with Crippen LogP contribution in [0.1, 0.15) is 11.1 Å². The van der Waals surface area contributed by atoms with Gasteiger partial charge in [-0.1, -0.05) is 29.8 Å². The zero-order chi connectivity index (χ0) is 13.2. The molecule has 4 N–H and O–H groups in total. The van der Waals surface area contributed by atoms with Crippen LogP contribution < -0.4 is 11.1 Å². The molecule has 0 spiro atoms. The van der Waals surface area contributed by atoms with Crippen LogP contribution in [-0.2, 0) is 6.54 Å². The van der Waals surface area contributed by atoms with Crippen LogP contribution in [0.2, 0.25) is 0 Å². The lowest BCUT2D eigenvalue weighted by Gasteiger charge is -2.10. The van der Waals surface area contributed by atoms with E-state index in [0.717, 1.165) is 28.8 Å². The Bertz CT molecular complexity index is 715. The third-order valence-corrected chi connectivity index (χ3v) is 3.18. The van der Waals surface area contributed by atoms with E-state index in [2.05, 4.69) is 46.7 Å². The topological polar surface area (TPSA) is 66.7 Å². The second-order valence-corrected chi connectivity index (χ2v) is 4.74. The zero-order valence-corrected chi connectivity index (χ0v) is 10.8. The minimum absolute atomic E-state index is 0.738. The van der Waals surface area contributed by atoms with Crippen molar-refractivity contribution in [1.82, 2.24) is 10.2 Å². The number of rotatable bonds is 3. The Labute approximate surface area is 111 Å². The fraction of sp³-hybridized carbons (Fsp3) is 0.133. The third-order valence-electron chi connectivity index (χ3n) is 3.18. The van der Waals surface area contributed by atoms with Gasteiger partial charge in [0.2, 0.25) is 0 Å². The molecule has 0 radical (unpaired) electrons. The molecule has 0 unspecified atom stereocenters. The molecule has 0 aliphatic rings. The fourth-order valence-electron chi connectivity index (χ4n) is 2.18. The van der Waals surface area contributed by atoms with Gasteiger partial charge < -0.3 is 11.1 Å². The van der Waals surface area contributed by atoms with Crippen molar-refractivity contribution in [1.29, 1.82) is 0 Å². The summed E-state index contributed by atoms with van der Waals surface area (Å²) in [6.07, 6.45) is 1.77. The summed E-state index contributed by atoms with van der Waals surface area (Å²) in [5, 5.41) is 11.3. The smallest absolute Gasteiger partial charge is 0.0672 e. The molecule has 4 nitrogen and oxygen atoms in total. The van der Waals surface area contributed by atoms with E-state index in [9.17, 15) is 0 Å². The van der Waals surface area contributed by atoms with Gasteiger partial charge in [-0.2, -0.15) is 5.10 Å². The summed E-state index contributed by atoms with van der Waals surface area (Å²) in [7, 11) is 0. The molecule has 96 valence electrons. The molecule has 0 bridgehead atoms. The molecule has 3 rings (SSSR count). The Kier molecular flexibility index (Phi) is 2.83. The van der Waals surface area contributed by atoms with E-state index in [1.54, 1.807) is 6.20 Å². The molecular formula is C15H16N4. The molecule has 0 fully saturated rings. The highest BCUT2D eigenvalue weighted by molar-refractivity contribution is 5.88. The van der Waals surface area contributed by atoms with E-state index in [1.165, 1.54) is 11.1 Å². The summed E-state index contributed by atoms with van der Waals surface area (Å²) in [6, 6.07) is 12.3. The number of fused-ring (bicyclic) bond motifs is 1. The number of H-pyrrole nitrogens is 1. The second kappa shape index (κ2) is 4.65. The molecular weight excluding hydrogens is 236 g/mol. The van der Waals surface area contributed by atoms with Gasteiger partial charge in [0, 0.05) is 11.9 Å². The van der Waals surface area contributed by atoms with Gasteiger partial charge in [0.15, 0.2) is 0 Å². The number of aryl methyl sites for hydroxylation is 1. The van der Waals surface area contributed by atoms with Crippen molar-refractivity contribution in [2.24, 2.45) is 0 Å². The predicted octanol–water partition coefficient (Wildman–Crippen LogP) is 3.07. The first-order chi connectivity index (χ1) is 9.22. The molecule has 0 aliphatic carbocycles. The Hall–Kier alpha value is -2.49. The lowest BCUT2D eigenvalue weighted by Crippen LogP contribution is -2.02. The van der Waals surface area contributed by atoms with E-state index in [4.69, 9.17) is 5.73 Å². The van der Waals surface area contributed by atoms with Gasteiger partial charge in [-0.3, -0.25) is 5.10 Å². The summed E-state index contributed by atoms with van der Waals surface area (Å²) in [6.45, 7) is 2.85. The Morgan fingerprint density at radius 1 is 1.26 bits per heavy atom. The van der Waals surface area contributed by atoms with E-state index >= 15 is 0 Å². The standard InChI is InChI=1S/C15H16N4/c1-10-3-2-4-11(5-10)8-17-15-7-14-12(6-13(15)16)9-18-19-14/h2-7,9,17H,8,16H2,1H3,(H,18,19). The van der Waals surface area contributed by atoms with Gasteiger partial charge >= 0.3 is 0 Å². The largest absolute Gasteiger partial charge is 0.397 e. The molecule has 0 saturated carbocycles. The quantitative estimate of drug-likeness (QED) is 0.627. The number of benzene rings is 2. The van der Waals surface area contributed by atoms with E-state index in [0.29, 0.717) is 0 Å². The number of hydrogen-bond acceptors (Lipinski definition) is 3. The number of nitrogen functional groups attached to an aromatic ring is 1. The first kappa shape index (κ1) is 11.6. The number of nitrogens with zero attached hydrogens (tertiary/aromatic N) is 1. The minimum atomic E-state index is 0.738. The molecule has 1 aromatic heterocycles. The number of aromatic nitrogens is 2. The van der Waals surface area contributed by atoms with Crippen LogP contribution in [0.3, 0.4) is 0 Å². The number of nitrogens with one attached hydrogen (secondary N) is 2. The highest BCUT2D eigenvalue weighted by Crippen LogP contribution is 2.25. The maximum atomic E-state index is 6.04. The van der Waals surface area contributed by atoms with Gasteiger partial charge in [-0.15, -0.1) is 0 Å². The number of aromatic amines is 1. The summed E-state index contributed by atoms with van der Waals surface area (Å²) in [5.74, 6) is 0. The van der Waals surface area contributed by atoms with Crippen LogP contribution in [0.15, 0.2) is 42.6 Å². The molecule has 0 aliphatic heterocycles. The average molecular weight is 252 g/mol.